The summed E-state index contributed by atoms with van der Waals surface area (Å²) < 4.78 is 39.4. The van der Waals surface area contributed by atoms with E-state index < -0.39 is 6.36 Å². The zero-order valence-electron chi connectivity index (χ0n) is 8.42. The van der Waals surface area contributed by atoms with E-state index in [1.54, 1.807) is 6.29 Å². The van der Waals surface area contributed by atoms with E-state index in [0.717, 1.165) is 12.1 Å². The van der Waals surface area contributed by atoms with Crippen molar-refractivity contribution in [2.45, 2.75) is 12.8 Å². The number of hydrogen-bond acceptors (Lipinski definition) is 2. The number of halogens is 4. The van der Waals surface area contributed by atoms with Crippen molar-refractivity contribution in [1.82, 2.24) is 0 Å². The molecule has 1 radical (unpaired) electrons. The first kappa shape index (κ1) is 13.6. The molecule has 0 fully saturated rings. The van der Waals surface area contributed by atoms with Gasteiger partial charge in [0.15, 0.2) is 0 Å². The largest absolute Gasteiger partial charge is 0.573 e. The van der Waals surface area contributed by atoms with Crippen LogP contribution in [0.5, 0.6) is 5.75 Å². The van der Waals surface area contributed by atoms with E-state index in [1.165, 1.54) is 18.2 Å². The average molecular weight is 264 g/mol. The third kappa shape index (κ3) is 4.91. The van der Waals surface area contributed by atoms with Crippen LogP contribution < -0.4 is 4.74 Å². The minimum atomic E-state index is -4.74. The van der Waals surface area contributed by atoms with Gasteiger partial charge in [-0.1, -0.05) is 23.8 Å². The van der Waals surface area contributed by atoms with Crippen molar-refractivity contribution < 1.29 is 22.7 Å². The van der Waals surface area contributed by atoms with Gasteiger partial charge in [0.2, 0.25) is 6.29 Å². The van der Waals surface area contributed by atoms with Gasteiger partial charge in [0, 0.05) is 6.42 Å². The van der Waals surface area contributed by atoms with Crippen molar-refractivity contribution in [2.24, 2.45) is 0 Å². The summed E-state index contributed by atoms with van der Waals surface area (Å²) in [7, 11) is 0. The Hall–Kier alpha value is -1.49. The van der Waals surface area contributed by atoms with Gasteiger partial charge < -0.3 is 4.74 Å². The van der Waals surface area contributed by atoms with Crippen molar-refractivity contribution in [3.63, 3.8) is 0 Å². The Kier molecular flexibility index (Phi) is 4.57. The summed E-state index contributed by atoms with van der Waals surface area (Å²) in [5.74, 6) is -0.387. The maximum atomic E-state index is 11.9. The van der Waals surface area contributed by atoms with E-state index in [9.17, 15) is 18.0 Å². The summed E-state index contributed by atoms with van der Waals surface area (Å²) in [6, 6.07) is 3.56. The Morgan fingerprint density at radius 2 is 2.12 bits per heavy atom. The predicted molar refractivity (Wildman–Crippen MR) is 57.5 cm³/mol. The van der Waals surface area contributed by atoms with E-state index in [-0.39, 0.29) is 17.2 Å². The highest BCUT2D eigenvalue weighted by Crippen LogP contribution is 2.28. The Morgan fingerprint density at radius 3 is 2.65 bits per heavy atom. The summed E-state index contributed by atoms with van der Waals surface area (Å²) in [4.78, 5) is 9.94. The van der Waals surface area contributed by atoms with Crippen LogP contribution in [0.1, 0.15) is 12.0 Å². The Bertz CT molecular complexity index is 427. The van der Waals surface area contributed by atoms with Crippen LogP contribution in [0.4, 0.5) is 13.2 Å². The van der Waals surface area contributed by atoms with Gasteiger partial charge in [-0.15, -0.1) is 13.2 Å². The monoisotopic (exact) mass is 263 g/mol. The SMILES string of the molecule is O=[C]C/C=C/c1ccc(OC(F)(F)F)cc1Cl. The Morgan fingerprint density at radius 1 is 1.41 bits per heavy atom. The molecule has 0 spiro atoms. The van der Waals surface area contributed by atoms with Crippen LogP contribution in [-0.2, 0) is 4.79 Å². The van der Waals surface area contributed by atoms with Crippen LogP contribution in [0.25, 0.3) is 6.08 Å². The summed E-state index contributed by atoms with van der Waals surface area (Å²) in [5, 5.41) is 0.105. The molecule has 0 bridgehead atoms. The fourth-order valence-electron chi connectivity index (χ4n) is 1.07. The van der Waals surface area contributed by atoms with Crippen LogP contribution in [0, 0.1) is 0 Å². The van der Waals surface area contributed by atoms with Gasteiger partial charge in [0.1, 0.15) is 5.75 Å². The average Bonchev–Trinajstić information content (AvgIpc) is 2.19. The number of ether oxygens (including phenoxy) is 1. The second-order valence-corrected chi connectivity index (χ2v) is 3.39. The molecule has 0 aliphatic carbocycles. The highest BCUT2D eigenvalue weighted by Gasteiger charge is 2.31. The van der Waals surface area contributed by atoms with Gasteiger partial charge in [0.05, 0.1) is 5.02 Å². The van der Waals surface area contributed by atoms with Crippen LogP contribution in [-0.4, -0.2) is 12.6 Å². The number of benzene rings is 1. The van der Waals surface area contributed by atoms with Crippen molar-refractivity contribution in [1.29, 1.82) is 0 Å². The number of hydrogen-bond donors (Lipinski definition) is 0. The summed E-state index contributed by atoms with van der Waals surface area (Å²) in [6.45, 7) is 0. The molecule has 0 aliphatic rings. The fourth-order valence-corrected chi connectivity index (χ4v) is 1.31. The molecular weight excluding hydrogens is 257 g/mol. The lowest BCUT2D eigenvalue weighted by atomic mass is 10.2. The van der Waals surface area contributed by atoms with Crippen LogP contribution >= 0.6 is 11.6 Å². The molecule has 2 nitrogen and oxygen atoms in total. The zero-order chi connectivity index (χ0) is 12.9. The molecule has 0 amide bonds. The zero-order valence-corrected chi connectivity index (χ0v) is 9.18. The van der Waals surface area contributed by atoms with Crippen molar-refractivity contribution >= 4 is 24.0 Å². The number of carbonyl (C=O) groups excluding carboxylic acids is 1. The normalized spacial score (nSPS) is 11.8. The topological polar surface area (TPSA) is 26.3 Å². The first-order chi connectivity index (χ1) is 7.92. The van der Waals surface area contributed by atoms with Gasteiger partial charge in [-0.2, -0.15) is 0 Å². The Balaban J connectivity index is 2.82. The molecule has 17 heavy (non-hydrogen) atoms. The van der Waals surface area contributed by atoms with E-state index in [2.05, 4.69) is 4.74 Å². The number of allylic oxidation sites excluding steroid dienone is 1. The quantitative estimate of drug-likeness (QED) is 0.827. The third-order valence-corrected chi connectivity index (χ3v) is 2.03. The van der Waals surface area contributed by atoms with Crippen molar-refractivity contribution in [3.8, 4) is 5.75 Å². The lowest BCUT2D eigenvalue weighted by Gasteiger charge is -2.09. The third-order valence-electron chi connectivity index (χ3n) is 1.70. The summed E-state index contributed by atoms with van der Waals surface area (Å²) in [5.41, 5.74) is 0.497. The van der Waals surface area contributed by atoms with E-state index in [1.807, 2.05) is 0 Å². The van der Waals surface area contributed by atoms with Crippen LogP contribution in [0.15, 0.2) is 24.3 Å². The van der Waals surface area contributed by atoms with E-state index >= 15 is 0 Å². The Labute approximate surface area is 101 Å². The lowest BCUT2D eigenvalue weighted by molar-refractivity contribution is -0.274. The second kappa shape index (κ2) is 5.72. The van der Waals surface area contributed by atoms with Crippen molar-refractivity contribution in [2.75, 3.05) is 0 Å². The molecule has 0 aliphatic heterocycles. The number of alkyl halides is 3. The number of rotatable bonds is 4. The van der Waals surface area contributed by atoms with Crippen molar-refractivity contribution in [3.05, 3.63) is 34.9 Å². The predicted octanol–water partition coefficient (Wildman–Crippen LogP) is 3.75. The van der Waals surface area contributed by atoms with Gasteiger partial charge in [0.25, 0.3) is 0 Å². The molecule has 1 aromatic carbocycles. The molecule has 0 saturated carbocycles. The first-order valence-electron chi connectivity index (χ1n) is 4.49. The van der Waals surface area contributed by atoms with Gasteiger partial charge in [-0.25, -0.2) is 0 Å². The highest BCUT2D eigenvalue weighted by molar-refractivity contribution is 6.32. The van der Waals surface area contributed by atoms with Crippen LogP contribution in [0.3, 0.4) is 0 Å². The molecule has 0 aromatic heterocycles. The second-order valence-electron chi connectivity index (χ2n) is 2.98. The highest BCUT2D eigenvalue weighted by atomic mass is 35.5. The molecule has 1 aromatic rings. The molecule has 1 rings (SSSR count). The lowest BCUT2D eigenvalue weighted by Crippen LogP contribution is -2.17. The minimum absolute atomic E-state index is 0.0944. The minimum Gasteiger partial charge on any atom is -0.406 e. The maximum Gasteiger partial charge on any atom is 0.573 e. The van der Waals surface area contributed by atoms with Gasteiger partial charge in [-0.3, -0.25) is 4.79 Å². The molecule has 0 N–H and O–H groups in total. The molecule has 0 unspecified atom stereocenters. The first-order valence-corrected chi connectivity index (χ1v) is 4.87. The summed E-state index contributed by atoms with van der Waals surface area (Å²) in [6.07, 6.45) is 0.0150. The fraction of sp³-hybridized carbons (Fsp3) is 0.182. The molecule has 6 heteroatoms. The van der Waals surface area contributed by atoms with Crippen LogP contribution in [0.2, 0.25) is 5.02 Å². The molecule has 91 valence electrons. The molecule has 0 saturated heterocycles. The molecule has 0 heterocycles. The standard InChI is InChI=1S/C11H7ClF3O2/c12-10-7-9(17-11(13,14)15)5-4-8(10)3-1-2-6-16/h1,3-5,7H,2H2/b3-1+. The maximum absolute atomic E-state index is 11.9. The van der Waals surface area contributed by atoms with Gasteiger partial charge >= 0.3 is 6.36 Å². The smallest absolute Gasteiger partial charge is 0.406 e. The molecule has 0 atom stereocenters. The van der Waals surface area contributed by atoms with E-state index in [4.69, 9.17) is 11.6 Å². The summed E-state index contributed by atoms with van der Waals surface area (Å²) >= 11 is 5.74. The van der Waals surface area contributed by atoms with Gasteiger partial charge in [-0.05, 0) is 23.8 Å². The molecular formula is C11H7ClF3O2. The van der Waals surface area contributed by atoms with E-state index in [0.29, 0.717) is 5.56 Å².